The third kappa shape index (κ3) is 5.30. The Bertz CT molecular complexity index is 935. The van der Waals surface area contributed by atoms with Crippen molar-refractivity contribution < 1.29 is 27.9 Å². The number of carbonyl (C=O) groups is 2. The largest absolute Gasteiger partial charge is 0.506 e. The topological polar surface area (TPSA) is 110 Å². The van der Waals surface area contributed by atoms with E-state index in [2.05, 4.69) is 5.32 Å². The van der Waals surface area contributed by atoms with E-state index in [1.54, 1.807) is 31.2 Å². The minimum absolute atomic E-state index is 0.00944. The Morgan fingerprint density at radius 2 is 1.74 bits per heavy atom. The van der Waals surface area contributed by atoms with Crippen LogP contribution in [0, 0.1) is 0 Å². The van der Waals surface area contributed by atoms with E-state index >= 15 is 0 Å². The van der Waals surface area contributed by atoms with Gasteiger partial charge in [-0.3, -0.25) is 9.59 Å². The quantitative estimate of drug-likeness (QED) is 0.529. The number of aromatic hydroxyl groups is 1. The third-order valence-electron chi connectivity index (χ3n) is 3.85. The molecule has 0 heterocycles. The number of phenols is 1. The molecule has 0 unspecified atom stereocenters. The van der Waals surface area contributed by atoms with Gasteiger partial charge in [0.15, 0.2) is 22.2 Å². The molecule has 144 valence electrons. The van der Waals surface area contributed by atoms with Crippen LogP contribution in [-0.4, -0.2) is 37.6 Å². The first-order valence-electron chi connectivity index (χ1n) is 8.38. The number of sulfone groups is 1. The normalized spacial score (nSPS) is 11.0. The molecular formula is C19H21NO6S. The highest BCUT2D eigenvalue weighted by atomic mass is 32.2. The average Bonchev–Trinajstić information content (AvgIpc) is 2.67. The predicted molar refractivity (Wildman–Crippen MR) is 101 cm³/mol. The average molecular weight is 391 g/mol. The highest BCUT2D eigenvalue weighted by molar-refractivity contribution is 7.91. The number of hydrogen-bond acceptors (Lipinski definition) is 6. The van der Waals surface area contributed by atoms with E-state index in [0.29, 0.717) is 17.7 Å². The van der Waals surface area contributed by atoms with E-state index < -0.39 is 15.7 Å². The number of anilines is 1. The highest BCUT2D eigenvalue weighted by Gasteiger charge is 2.15. The van der Waals surface area contributed by atoms with Crippen molar-refractivity contribution in [3.05, 3.63) is 48.0 Å². The minimum atomic E-state index is -3.46. The molecule has 0 fully saturated rings. The number of phenolic OH excluding ortho intramolecular Hbond substituents is 1. The summed E-state index contributed by atoms with van der Waals surface area (Å²) in [5.74, 6) is -0.489. The first kappa shape index (κ1) is 20.4. The van der Waals surface area contributed by atoms with Crippen LogP contribution in [0.5, 0.6) is 11.5 Å². The van der Waals surface area contributed by atoms with Crippen molar-refractivity contribution in [1.82, 2.24) is 0 Å². The summed E-state index contributed by atoms with van der Waals surface area (Å²) in [6, 6.07) is 10.1. The molecular weight excluding hydrogens is 370 g/mol. The molecule has 0 aliphatic heterocycles. The number of Topliss-reactive ketones (excluding diaryl/α,β-unsaturated/α-hetero) is 1. The van der Waals surface area contributed by atoms with Crippen LogP contribution in [0.1, 0.15) is 30.6 Å². The maximum atomic E-state index is 12.0. The second-order valence-electron chi connectivity index (χ2n) is 5.72. The molecule has 8 heteroatoms. The summed E-state index contributed by atoms with van der Waals surface area (Å²) in [5, 5.41) is 12.3. The van der Waals surface area contributed by atoms with Gasteiger partial charge in [-0.25, -0.2) is 8.42 Å². The van der Waals surface area contributed by atoms with Crippen LogP contribution >= 0.6 is 0 Å². The lowest BCUT2D eigenvalue weighted by Gasteiger charge is -2.11. The number of nitrogens with one attached hydrogen (secondary N) is 1. The van der Waals surface area contributed by atoms with Crippen molar-refractivity contribution in [1.29, 1.82) is 0 Å². The Balaban J connectivity index is 2.02. The van der Waals surface area contributed by atoms with Gasteiger partial charge in [-0.1, -0.05) is 13.8 Å². The summed E-state index contributed by atoms with van der Waals surface area (Å²) in [7, 11) is -3.46. The van der Waals surface area contributed by atoms with Crippen molar-refractivity contribution >= 4 is 27.2 Å². The van der Waals surface area contributed by atoms with Crippen LogP contribution < -0.4 is 10.1 Å². The summed E-state index contributed by atoms with van der Waals surface area (Å²) in [4.78, 5) is 23.6. The molecule has 0 radical (unpaired) electrons. The van der Waals surface area contributed by atoms with Crippen molar-refractivity contribution in [3.63, 3.8) is 0 Å². The number of ether oxygens (including phenoxy) is 1. The minimum Gasteiger partial charge on any atom is -0.506 e. The van der Waals surface area contributed by atoms with Gasteiger partial charge in [0, 0.05) is 12.0 Å². The monoisotopic (exact) mass is 391 g/mol. The summed E-state index contributed by atoms with van der Waals surface area (Å²) in [6.07, 6.45) is 0.402. The van der Waals surface area contributed by atoms with Gasteiger partial charge < -0.3 is 15.2 Å². The number of rotatable bonds is 8. The fourth-order valence-electron chi connectivity index (χ4n) is 2.25. The number of ketones is 1. The lowest BCUT2D eigenvalue weighted by atomic mass is 10.1. The van der Waals surface area contributed by atoms with Crippen molar-refractivity contribution in [3.8, 4) is 11.5 Å². The maximum absolute atomic E-state index is 12.0. The lowest BCUT2D eigenvalue weighted by molar-refractivity contribution is -0.118. The predicted octanol–water partition coefficient (Wildman–Crippen LogP) is 2.80. The first-order chi connectivity index (χ1) is 12.8. The Hall–Kier alpha value is -2.87. The molecule has 0 saturated carbocycles. The van der Waals surface area contributed by atoms with Gasteiger partial charge in [-0.15, -0.1) is 0 Å². The van der Waals surface area contributed by atoms with Crippen molar-refractivity contribution in [2.24, 2.45) is 0 Å². The molecule has 2 aromatic rings. The molecule has 27 heavy (non-hydrogen) atoms. The Morgan fingerprint density at radius 3 is 2.33 bits per heavy atom. The second-order valence-corrected chi connectivity index (χ2v) is 8.00. The molecule has 7 nitrogen and oxygen atoms in total. The number of hydrogen-bond donors (Lipinski definition) is 2. The summed E-state index contributed by atoms with van der Waals surface area (Å²) >= 11 is 0. The van der Waals surface area contributed by atoms with Crippen LogP contribution in [0.2, 0.25) is 0 Å². The van der Waals surface area contributed by atoms with E-state index in [-0.39, 0.29) is 34.5 Å². The van der Waals surface area contributed by atoms with E-state index in [4.69, 9.17) is 4.74 Å². The van der Waals surface area contributed by atoms with Crippen LogP contribution in [0.4, 0.5) is 5.69 Å². The molecule has 2 rings (SSSR count). The van der Waals surface area contributed by atoms with Crippen molar-refractivity contribution in [2.75, 3.05) is 17.7 Å². The van der Waals surface area contributed by atoms with Crippen LogP contribution in [-0.2, 0) is 14.6 Å². The van der Waals surface area contributed by atoms with Gasteiger partial charge in [0.2, 0.25) is 0 Å². The Morgan fingerprint density at radius 1 is 1.07 bits per heavy atom. The summed E-state index contributed by atoms with van der Waals surface area (Å²) in [6.45, 7) is 2.94. The zero-order chi connectivity index (χ0) is 20.0. The van der Waals surface area contributed by atoms with Gasteiger partial charge in [0.25, 0.3) is 5.91 Å². The van der Waals surface area contributed by atoms with E-state index in [1.165, 1.54) is 25.1 Å². The van der Waals surface area contributed by atoms with Gasteiger partial charge in [0.05, 0.1) is 16.3 Å². The van der Waals surface area contributed by atoms with Crippen molar-refractivity contribution in [2.45, 2.75) is 25.2 Å². The van der Waals surface area contributed by atoms with E-state index in [9.17, 15) is 23.1 Å². The third-order valence-corrected chi connectivity index (χ3v) is 5.58. The van der Waals surface area contributed by atoms with E-state index in [0.717, 1.165) is 0 Å². The fraction of sp³-hybridized carbons (Fsp3) is 0.263. The molecule has 0 aliphatic carbocycles. The molecule has 0 aliphatic rings. The molecule has 0 aromatic heterocycles. The summed E-state index contributed by atoms with van der Waals surface area (Å²) in [5.41, 5.74) is 0.551. The SMILES string of the molecule is CCC(=O)c1ccc(OCC(=O)Nc2cc(S(=O)(=O)CC)ccc2O)cc1. The molecule has 0 spiro atoms. The molecule has 2 N–H and O–H groups in total. The van der Waals surface area contributed by atoms with E-state index in [1.807, 2.05) is 0 Å². The Kier molecular flexibility index (Phi) is 6.57. The number of benzene rings is 2. The second kappa shape index (κ2) is 8.68. The maximum Gasteiger partial charge on any atom is 0.262 e. The molecule has 2 aromatic carbocycles. The number of carbonyl (C=O) groups excluding carboxylic acids is 2. The smallest absolute Gasteiger partial charge is 0.262 e. The zero-order valence-electron chi connectivity index (χ0n) is 15.1. The number of amides is 1. The lowest BCUT2D eigenvalue weighted by Crippen LogP contribution is -2.20. The molecule has 1 amide bonds. The highest BCUT2D eigenvalue weighted by Crippen LogP contribution is 2.27. The van der Waals surface area contributed by atoms with Crippen LogP contribution in [0.3, 0.4) is 0 Å². The Labute approximate surface area is 157 Å². The van der Waals surface area contributed by atoms with Crippen LogP contribution in [0.15, 0.2) is 47.4 Å². The molecule has 0 saturated heterocycles. The van der Waals surface area contributed by atoms with Gasteiger partial charge in [0.1, 0.15) is 11.5 Å². The van der Waals surface area contributed by atoms with Gasteiger partial charge in [-0.2, -0.15) is 0 Å². The molecule has 0 bridgehead atoms. The van der Waals surface area contributed by atoms with Crippen LogP contribution in [0.25, 0.3) is 0 Å². The summed E-state index contributed by atoms with van der Waals surface area (Å²) < 4.78 is 29.2. The fourth-order valence-corrected chi connectivity index (χ4v) is 3.16. The first-order valence-corrected chi connectivity index (χ1v) is 10.0. The van der Waals surface area contributed by atoms with Gasteiger partial charge >= 0.3 is 0 Å². The van der Waals surface area contributed by atoms with Gasteiger partial charge in [-0.05, 0) is 42.5 Å². The standard InChI is InChI=1S/C19H21NO6S/c1-3-17(21)13-5-7-14(8-6-13)26-12-19(23)20-16-11-15(9-10-18(16)22)27(24,25)4-2/h5-11,22H,3-4,12H2,1-2H3,(H,20,23). The zero-order valence-corrected chi connectivity index (χ0v) is 15.9. The molecule has 0 atom stereocenters.